The minimum absolute atomic E-state index is 0.173. The molecule has 2 fully saturated rings. The summed E-state index contributed by atoms with van der Waals surface area (Å²) in [6.07, 6.45) is 2.64. The summed E-state index contributed by atoms with van der Waals surface area (Å²) in [6, 6.07) is 5.34. The number of carbonyl (C=O) groups excluding carboxylic acids is 1. The van der Waals surface area contributed by atoms with E-state index in [-0.39, 0.29) is 18.1 Å². The third-order valence-electron chi connectivity index (χ3n) is 7.71. The number of rotatable bonds is 5. The molecular formula is C25H31N5O4. The van der Waals surface area contributed by atoms with Gasteiger partial charge in [-0.05, 0) is 50.3 Å². The highest BCUT2D eigenvalue weighted by molar-refractivity contribution is 5.93. The van der Waals surface area contributed by atoms with Crippen molar-refractivity contribution in [3.8, 4) is 5.75 Å². The monoisotopic (exact) mass is 465 g/mol. The van der Waals surface area contributed by atoms with Gasteiger partial charge in [0, 0.05) is 54.3 Å². The van der Waals surface area contributed by atoms with Crippen molar-refractivity contribution in [3.05, 3.63) is 40.9 Å². The summed E-state index contributed by atoms with van der Waals surface area (Å²) in [6.45, 7) is 6.89. The quantitative estimate of drug-likeness (QED) is 0.534. The number of methoxy groups -OCH3 is 1. The Morgan fingerprint density at radius 3 is 2.76 bits per heavy atom. The Balaban J connectivity index is 1.40. The highest BCUT2D eigenvalue weighted by atomic mass is 16.5. The first kappa shape index (κ1) is 21.5. The lowest BCUT2D eigenvalue weighted by atomic mass is 9.68. The van der Waals surface area contributed by atoms with E-state index in [1.165, 1.54) is 18.4 Å². The molecule has 1 atom stereocenters. The molecule has 1 aliphatic carbocycles. The fourth-order valence-electron chi connectivity index (χ4n) is 5.92. The second kappa shape index (κ2) is 7.74. The van der Waals surface area contributed by atoms with E-state index in [1.54, 1.807) is 25.9 Å². The third kappa shape index (κ3) is 3.29. The molecule has 2 amide bonds. The van der Waals surface area contributed by atoms with Crippen molar-refractivity contribution in [2.24, 2.45) is 5.92 Å². The summed E-state index contributed by atoms with van der Waals surface area (Å²) in [4.78, 5) is 21.4. The predicted octanol–water partition coefficient (Wildman–Crippen LogP) is 3.33. The van der Waals surface area contributed by atoms with E-state index in [0.717, 1.165) is 47.9 Å². The number of fused-ring (bicyclic) bond motifs is 4. The van der Waals surface area contributed by atoms with Crippen LogP contribution in [0.1, 0.15) is 41.6 Å². The molecule has 2 aromatic heterocycles. The summed E-state index contributed by atoms with van der Waals surface area (Å²) in [5, 5.41) is 18.5. The minimum atomic E-state index is -0.475. The molecule has 0 unspecified atom stereocenters. The molecule has 0 radical (unpaired) electrons. The lowest BCUT2D eigenvalue weighted by Gasteiger charge is -2.56. The number of benzene rings is 1. The number of aliphatic hydroxyl groups is 1. The Morgan fingerprint density at radius 1 is 1.32 bits per heavy atom. The van der Waals surface area contributed by atoms with E-state index in [1.807, 2.05) is 12.1 Å². The Labute approximate surface area is 198 Å². The van der Waals surface area contributed by atoms with Gasteiger partial charge in [-0.15, -0.1) is 0 Å². The fourth-order valence-corrected chi connectivity index (χ4v) is 5.92. The summed E-state index contributed by atoms with van der Waals surface area (Å²) in [5.41, 5.74) is 4.16. The predicted molar refractivity (Wildman–Crippen MR) is 127 cm³/mol. The largest absolute Gasteiger partial charge is 0.497 e. The van der Waals surface area contributed by atoms with E-state index >= 15 is 0 Å². The third-order valence-corrected chi connectivity index (χ3v) is 7.71. The van der Waals surface area contributed by atoms with Gasteiger partial charge >= 0.3 is 6.03 Å². The van der Waals surface area contributed by atoms with Gasteiger partial charge < -0.3 is 34.5 Å². The molecule has 1 spiro atoms. The van der Waals surface area contributed by atoms with Gasteiger partial charge in [0.1, 0.15) is 17.1 Å². The number of anilines is 1. The molecule has 1 saturated heterocycles. The second-order valence-electron chi connectivity index (χ2n) is 10.2. The number of ether oxygens (including phenoxy) is 1. The number of amides is 2. The smallest absolute Gasteiger partial charge is 0.322 e. The van der Waals surface area contributed by atoms with Gasteiger partial charge in [0.2, 0.25) is 0 Å². The Hall–Kier alpha value is -3.04. The van der Waals surface area contributed by atoms with E-state index in [9.17, 15) is 9.90 Å². The molecule has 1 saturated carbocycles. The zero-order valence-electron chi connectivity index (χ0n) is 19.9. The van der Waals surface area contributed by atoms with Crippen LogP contribution < -0.4 is 10.1 Å². The molecule has 9 nitrogen and oxygen atoms in total. The first-order valence-electron chi connectivity index (χ1n) is 12.0. The summed E-state index contributed by atoms with van der Waals surface area (Å²) >= 11 is 0. The lowest BCUT2D eigenvalue weighted by molar-refractivity contribution is 0.0109. The SMILES string of the molecule is COc1ccc2c3c([nH]c2c1)[C@H](CO)N(C(=O)Nc1c(C)noc1C)CC31CN(CC2CC2)C1. The van der Waals surface area contributed by atoms with Gasteiger partial charge in [-0.1, -0.05) is 5.16 Å². The number of aromatic nitrogens is 2. The van der Waals surface area contributed by atoms with Crippen molar-refractivity contribution in [2.45, 2.75) is 38.1 Å². The molecule has 2 aliphatic heterocycles. The van der Waals surface area contributed by atoms with Crippen LogP contribution in [0.5, 0.6) is 5.75 Å². The van der Waals surface area contributed by atoms with Crippen molar-refractivity contribution in [1.82, 2.24) is 19.9 Å². The van der Waals surface area contributed by atoms with Crippen molar-refractivity contribution >= 4 is 22.6 Å². The molecule has 9 heteroatoms. The fraction of sp³-hybridized carbons (Fsp3) is 0.520. The number of carbonyl (C=O) groups is 1. The molecule has 1 aromatic carbocycles. The van der Waals surface area contributed by atoms with Gasteiger partial charge in [-0.25, -0.2) is 4.79 Å². The molecule has 34 heavy (non-hydrogen) atoms. The topological polar surface area (TPSA) is 107 Å². The van der Waals surface area contributed by atoms with Crippen LogP contribution in [-0.4, -0.2) is 71.0 Å². The number of H-pyrrole nitrogens is 1. The van der Waals surface area contributed by atoms with Gasteiger partial charge in [-0.2, -0.15) is 0 Å². The first-order valence-corrected chi connectivity index (χ1v) is 12.0. The van der Waals surface area contributed by atoms with E-state index < -0.39 is 6.04 Å². The maximum Gasteiger partial charge on any atom is 0.322 e. The summed E-state index contributed by atoms with van der Waals surface area (Å²) in [7, 11) is 1.66. The molecule has 180 valence electrons. The summed E-state index contributed by atoms with van der Waals surface area (Å²) in [5.74, 6) is 2.16. The van der Waals surface area contributed by atoms with Crippen LogP contribution in [0.25, 0.3) is 10.9 Å². The normalized spacial score (nSPS) is 21.5. The number of hydrogen-bond acceptors (Lipinski definition) is 6. The van der Waals surface area contributed by atoms with Crippen molar-refractivity contribution < 1.29 is 19.2 Å². The van der Waals surface area contributed by atoms with Crippen LogP contribution in [0.4, 0.5) is 10.5 Å². The van der Waals surface area contributed by atoms with Gasteiger partial charge in [-0.3, -0.25) is 0 Å². The number of aliphatic hydroxyl groups excluding tert-OH is 1. The van der Waals surface area contributed by atoms with E-state index in [0.29, 0.717) is 23.7 Å². The van der Waals surface area contributed by atoms with Gasteiger partial charge in [0.25, 0.3) is 0 Å². The Kier molecular flexibility index (Phi) is 4.90. The molecular weight excluding hydrogens is 434 g/mol. The molecule has 3 N–H and O–H groups in total. The van der Waals surface area contributed by atoms with Crippen molar-refractivity contribution in [2.75, 3.05) is 45.2 Å². The average Bonchev–Trinajstić information content (AvgIpc) is 3.47. The van der Waals surface area contributed by atoms with Crippen LogP contribution in [0.15, 0.2) is 22.7 Å². The number of hydrogen-bond donors (Lipinski definition) is 3. The standard InChI is InChI=1S/C25H31N5O4/c1-14-22(15(2)34-28-14)27-24(32)30-13-25(11-29(12-25)9-16-4-5-16)21-18-7-6-17(33-3)8-19(18)26-23(21)20(30)10-31/h6-8,16,20,26,31H,4-5,9-13H2,1-3H3,(H,27,32)/t20-/m0/s1. The zero-order valence-corrected chi connectivity index (χ0v) is 19.9. The van der Waals surface area contributed by atoms with E-state index in [2.05, 4.69) is 26.4 Å². The van der Waals surface area contributed by atoms with E-state index in [4.69, 9.17) is 9.26 Å². The minimum Gasteiger partial charge on any atom is -0.497 e. The number of likely N-dealkylation sites (tertiary alicyclic amines) is 1. The average molecular weight is 466 g/mol. The number of aromatic amines is 1. The van der Waals surface area contributed by atoms with Crippen molar-refractivity contribution in [3.63, 3.8) is 0 Å². The lowest BCUT2D eigenvalue weighted by Crippen LogP contribution is -2.67. The summed E-state index contributed by atoms with van der Waals surface area (Å²) < 4.78 is 10.7. The van der Waals surface area contributed by atoms with Gasteiger partial charge in [0.15, 0.2) is 5.76 Å². The molecule has 3 aromatic rings. The number of nitrogens with one attached hydrogen (secondary N) is 2. The van der Waals surface area contributed by atoms with Crippen LogP contribution in [0.3, 0.4) is 0 Å². The number of nitrogens with zero attached hydrogens (tertiary/aromatic N) is 3. The maximum atomic E-state index is 13.5. The molecule has 6 rings (SSSR count). The Bertz CT molecular complexity index is 1230. The number of urea groups is 1. The molecule has 4 heterocycles. The molecule has 3 aliphatic rings. The first-order chi connectivity index (χ1) is 16.4. The van der Waals surface area contributed by atoms with Crippen LogP contribution >= 0.6 is 0 Å². The second-order valence-corrected chi connectivity index (χ2v) is 10.2. The number of aryl methyl sites for hydroxylation is 2. The highest BCUT2D eigenvalue weighted by Gasteiger charge is 2.54. The maximum absolute atomic E-state index is 13.5. The van der Waals surface area contributed by atoms with Crippen LogP contribution in [0, 0.1) is 19.8 Å². The zero-order chi connectivity index (χ0) is 23.6. The highest BCUT2D eigenvalue weighted by Crippen LogP contribution is 2.49. The van der Waals surface area contributed by atoms with Crippen LogP contribution in [0.2, 0.25) is 0 Å². The Morgan fingerprint density at radius 2 is 2.12 bits per heavy atom. The van der Waals surface area contributed by atoms with Crippen molar-refractivity contribution in [1.29, 1.82) is 0 Å². The molecule has 0 bridgehead atoms. The van der Waals surface area contributed by atoms with Gasteiger partial charge in [0.05, 0.1) is 19.8 Å². The van der Waals surface area contributed by atoms with Crippen LogP contribution in [-0.2, 0) is 5.41 Å².